The van der Waals surface area contributed by atoms with Crippen molar-refractivity contribution in [2.45, 2.75) is 50.6 Å². The summed E-state index contributed by atoms with van der Waals surface area (Å²) < 4.78 is 13.6. The fourth-order valence-electron chi connectivity index (χ4n) is 4.21. The third-order valence-electron chi connectivity index (χ3n) is 5.73. The Morgan fingerprint density at radius 2 is 2.04 bits per heavy atom. The lowest BCUT2D eigenvalue weighted by Crippen LogP contribution is -2.52. The van der Waals surface area contributed by atoms with Crippen LogP contribution in [0.3, 0.4) is 0 Å². The fourth-order valence-corrected chi connectivity index (χ4v) is 4.21. The first-order valence-electron chi connectivity index (χ1n) is 9.31. The number of benzene rings is 1. The Labute approximate surface area is 156 Å². The molecule has 2 saturated heterocycles. The number of alkyl halides is 1. The minimum atomic E-state index is -0.965. The van der Waals surface area contributed by atoms with Crippen molar-refractivity contribution in [3.8, 4) is 0 Å². The van der Waals surface area contributed by atoms with Crippen LogP contribution in [0.1, 0.15) is 40.7 Å². The van der Waals surface area contributed by atoms with Crippen molar-refractivity contribution < 1.29 is 18.8 Å². The normalized spacial score (nSPS) is 29.0. The van der Waals surface area contributed by atoms with E-state index >= 15 is 0 Å². The lowest BCUT2D eigenvalue weighted by Gasteiger charge is -2.33. The molecule has 2 fully saturated rings. The molecule has 1 aromatic carbocycles. The highest BCUT2D eigenvalue weighted by Crippen LogP contribution is 2.30. The second-order valence-corrected chi connectivity index (χ2v) is 7.55. The maximum atomic E-state index is 13.6. The number of carbonyl (C=O) groups is 3. The number of nitrogens with one attached hydrogen (secondary N) is 1. The smallest absolute Gasteiger partial charge is 0.255 e. The average Bonchev–Trinajstić information content (AvgIpc) is 2.96. The van der Waals surface area contributed by atoms with Gasteiger partial charge in [-0.3, -0.25) is 24.6 Å². The van der Waals surface area contributed by atoms with Crippen LogP contribution in [0, 0.1) is 0 Å². The summed E-state index contributed by atoms with van der Waals surface area (Å²) in [6, 6.07) is 4.46. The summed E-state index contributed by atoms with van der Waals surface area (Å²) in [5.41, 5.74) is 8.36. The number of rotatable bonds is 3. The van der Waals surface area contributed by atoms with Crippen molar-refractivity contribution in [2.24, 2.45) is 5.73 Å². The Hall–Kier alpha value is -2.32. The molecule has 4 rings (SSSR count). The molecule has 27 heavy (non-hydrogen) atoms. The van der Waals surface area contributed by atoms with Gasteiger partial charge < -0.3 is 10.6 Å². The first-order chi connectivity index (χ1) is 12.9. The maximum absolute atomic E-state index is 13.6. The van der Waals surface area contributed by atoms with Gasteiger partial charge in [-0.25, -0.2) is 4.39 Å². The summed E-state index contributed by atoms with van der Waals surface area (Å²) in [5, 5.41) is 2.31. The molecule has 0 bridgehead atoms. The molecule has 144 valence electrons. The maximum Gasteiger partial charge on any atom is 0.255 e. The highest BCUT2D eigenvalue weighted by Gasteiger charge is 2.40. The van der Waals surface area contributed by atoms with Gasteiger partial charge in [0.25, 0.3) is 5.91 Å². The van der Waals surface area contributed by atoms with E-state index in [1.54, 1.807) is 11.0 Å². The fraction of sp³-hybridized carbons (Fsp3) is 0.526. The van der Waals surface area contributed by atoms with Crippen molar-refractivity contribution in [2.75, 3.05) is 13.1 Å². The largest absolute Gasteiger partial charge is 0.324 e. The van der Waals surface area contributed by atoms with Crippen LogP contribution in [0.5, 0.6) is 0 Å². The van der Waals surface area contributed by atoms with Crippen LogP contribution in [0.4, 0.5) is 4.39 Å². The zero-order chi connectivity index (χ0) is 19.1. The molecule has 7 nitrogen and oxygen atoms in total. The number of hydrogen-bond donors (Lipinski definition) is 2. The van der Waals surface area contributed by atoms with Crippen molar-refractivity contribution in [3.63, 3.8) is 0 Å². The Bertz CT molecular complexity index is 799. The van der Waals surface area contributed by atoms with Crippen molar-refractivity contribution in [3.05, 3.63) is 34.9 Å². The molecule has 0 aliphatic carbocycles. The van der Waals surface area contributed by atoms with Crippen molar-refractivity contribution in [1.29, 1.82) is 0 Å². The van der Waals surface area contributed by atoms with E-state index < -0.39 is 24.2 Å². The first kappa shape index (κ1) is 18.1. The number of halogens is 1. The van der Waals surface area contributed by atoms with E-state index in [0.29, 0.717) is 44.6 Å². The highest BCUT2D eigenvalue weighted by molar-refractivity contribution is 6.05. The van der Waals surface area contributed by atoms with Crippen LogP contribution >= 0.6 is 0 Å². The van der Waals surface area contributed by atoms with Gasteiger partial charge in [0.15, 0.2) is 0 Å². The molecule has 3 aliphatic heterocycles. The summed E-state index contributed by atoms with van der Waals surface area (Å²) in [5.74, 6) is -0.890. The minimum Gasteiger partial charge on any atom is -0.324 e. The van der Waals surface area contributed by atoms with Gasteiger partial charge in [0, 0.05) is 44.2 Å². The predicted octanol–water partition coefficient (Wildman–Crippen LogP) is 0.319. The predicted molar refractivity (Wildman–Crippen MR) is 95.3 cm³/mol. The Kier molecular flexibility index (Phi) is 4.69. The number of amides is 3. The SMILES string of the molecule is N[C@@H]1CN(Cc2cccc3c2CN(C2CCC(=O)NC2=O)C3=O)CC[C@H]1F. The molecule has 0 spiro atoms. The van der Waals surface area contributed by atoms with Gasteiger partial charge in [-0.2, -0.15) is 0 Å². The summed E-state index contributed by atoms with van der Waals surface area (Å²) >= 11 is 0. The van der Waals surface area contributed by atoms with Gasteiger partial charge in [0.1, 0.15) is 12.2 Å². The summed E-state index contributed by atoms with van der Waals surface area (Å²) in [6.07, 6.45) is 0.0302. The number of hydrogen-bond acceptors (Lipinski definition) is 5. The second kappa shape index (κ2) is 7.01. The van der Waals surface area contributed by atoms with E-state index in [1.807, 2.05) is 12.1 Å². The number of fused-ring (bicyclic) bond motifs is 1. The molecule has 1 unspecified atom stereocenters. The molecule has 0 aromatic heterocycles. The lowest BCUT2D eigenvalue weighted by atomic mass is 10.00. The molecule has 0 saturated carbocycles. The Morgan fingerprint density at radius 1 is 1.22 bits per heavy atom. The lowest BCUT2D eigenvalue weighted by molar-refractivity contribution is -0.136. The zero-order valence-corrected chi connectivity index (χ0v) is 15.0. The topological polar surface area (TPSA) is 95.7 Å². The zero-order valence-electron chi connectivity index (χ0n) is 15.0. The van der Waals surface area contributed by atoms with Crippen molar-refractivity contribution in [1.82, 2.24) is 15.1 Å². The molecule has 8 heteroatoms. The number of imide groups is 1. The van der Waals surface area contributed by atoms with Crippen LogP contribution in [-0.2, 0) is 22.7 Å². The molecule has 0 radical (unpaired) electrons. The van der Waals surface area contributed by atoms with Gasteiger partial charge in [-0.1, -0.05) is 12.1 Å². The highest BCUT2D eigenvalue weighted by atomic mass is 19.1. The van der Waals surface area contributed by atoms with Crippen LogP contribution in [-0.4, -0.2) is 58.9 Å². The van der Waals surface area contributed by atoms with Crippen molar-refractivity contribution >= 4 is 17.7 Å². The quantitative estimate of drug-likeness (QED) is 0.743. The molecular weight excluding hydrogens is 351 g/mol. The molecule has 3 aliphatic rings. The Morgan fingerprint density at radius 3 is 2.78 bits per heavy atom. The van der Waals surface area contributed by atoms with Gasteiger partial charge in [0.05, 0.1) is 0 Å². The number of piperidine rings is 2. The van der Waals surface area contributed by atoms with E-state index in [-0.39, 0.29) is 18.2 Å². The molecule has 3 atom stereocenters. The monoisotopic (exact) mass is 374 g/mol. The van der Waals surface area contributed by atoms with Gasteiger partial charge in [-0.05, 0) is 30.0 Å². The third kappa shape index (κ3) is 3.35. The molecular formula is C19H23FN4O3. The second-order valence-electron chi connectivity index (χ2n) is 7.55. The molecule has 3 heterocycles. The standard InChI is InChI=1S/C19H23FN4O3/c20-14-6-7-23(10-15(14)21)8-11-2-1-3-12-13(11)9-24(19(12)27)16-4-5-17(25)22-18(16)26/h1-3,14-16H,4-10,21H2,(H,22,25,26)/t14-,15-,16?/m1/s1. The van der Waals surface area contributed by atoms with Gasteiger partial charge >= 0.3 is 0 Å². The van der Waals surface area contributed by atoms with Crippen LogP contribution in [0.25, 0.3) is 0 Å². The average molecular weight is 374 g/mol. The number of nitrogens with two attached hydrogens (primary N) is 1. The van der Waals surface area contributed by atoms with Crippen LogP contribution in [0.15, 0.2) is 18.2 Å². The third-order valence-corrected chi connectivity index (χ3v) is 5.73. The Balaban J connectivity index is 1.53. The minimum absolute atomic E-state index is 0.180. The molecule has 3 amide bonds. The number of likely N-dealkylation sites (tertiary alicyclic amines) is 1. The first-order valence-corrected chi connectivity index (χ1v) is 9.31. The number of nitrogens with zero attached hydrogens (tertiary/aromatic N) is 2. The van der Waals surface area contributed by atoms with E-state index in [9.17, 15) is 18.8 Å². The number of carbonyl (C=O) groups excluding carboxylic acids is 3. The van der Waals surface area contributed by atoms with E-state index in [4.69, 9.17) is 5.73 Å². The molecule has 3 N–H and O–H groups in total. The van der Waals surface area contributed by atoms with E-state index in [1.165, 1.54) is 0 Å². The molecule has 1 aromatic rings. The van der Waals surface area contributed by atoms with Crippen LogP contribution < -0.4 is 11.1 Å². The van der Waals surface area contributed by atoms with Gasteiger partial charge in [0.2, 0.25) is 11.8 Å². The summed E-state index contributed by atoms with van der Waals surface area (Å²) in [4.78, 5) is 40.1. The summed E-state index contributed by atoms with van der Waals surface area (Å²) in [7, 11) is 0. The summed E-state index contributed by atoms with van der Waals surface area (Å²) in [6.45, 7) is 2.06. The van der Waals surface area contributed by atoms with E-state index in [2.05, 4.69) is 10.2 Å². The van der Waals surface area contributed by atoms with Gasteiger partial charge in [-0.15, -0.1) is 0 Å². The van der Waals surface area contributed by atoms with Crippen LogP contribution in [0.2, 0.25) is 0 Å². The van der Waals surface area contributed by atoms with E-state index in [0.717, 1.165) is 11.1 Å².